The second-order valence-corrected chi connectivity index (χ2v) is 5.90. The topological polar surface area (TPSA) is 32.5 Å². The molecule has 0 aromatic heterocycles. The van der Waals surface area contributed by atoms with Crippen molar-refractivity contribution in [1.29, 1.82) is 0 Å². The Hall–Kier alpha value is -1.13. The summed E-state index contributed by atoms with van der Waals surface area (Å²) in [6.45, 7) is 4.40. The average Bonchev–Trinajstić information content (AvgIpc) is 3.01. The Morgan fingerprint density at radius 1 is 1.10 bits per heavy atom. The van der Waals surface area contributed by atoms with E-state index in [4.69, 9.17) is 5.73 Å². The lowest BCUT2D eigenvalue weighted by atomic mass is 10.1. The van der Waals surface area contributed by atoms with Crippen molar-refractivity contribution in [2.45, 2.75) is 38.3 Å². The molecule has 2 N–H and O–H groups in total. The first-order valence-electron chi connectivity index (χ1n) is 7.76. The van der Waals surface area contributed by atoms with Crippen LogP contribution < -0.4 is 10.6 Å². The largest absolute Gasteiger partial charge is 0.369 e. The van der Waals surface area contributed by atoms with Gasteiger partial charge in [-0.3, -0.25) is 4.90 Å². The van der Waals surface area contributed by atoms with Crippen molar-refractivity contribution in [2.75, 3.05) is 31.1 Å². The van der Waals surface area contributed by atoms with Crippen LogP contribution in [0, 0.1) is 5.82 Å². The first kappa shape index (κ1) is 13.8. The maximum absolute atomic E-state index is 13.8. The lowest BCUT2D eigenvalue weighted by Crippen LogP contribution is -2.50. The van der Waals surface area contributed by atoms with Gasteiger partial charge in [0.25, 0.3) is 0 Å². The van der Waals surface area contributed by atoms with Gasteiger partial charge in [0.2, 0.25) is 0 Å². The van der Waals surface area contributed by atoms with Gasteiger partial charge in [-0.25, -0.2) is 4.39 Å². The number of halogens is 1. The molecular formula is C16H24FN3. The maximum atomic E-state index is 13.8. The molecule has 20 heavy (non-hydrogen) atoms. The predicted octanol–water partition coefficient (Wildman–Crippen LogP) is 2.35. The Labute approximate surface area is 120 Å². The molecule has 1 saturated heterocycles. The van der Waals surface area contributed by atoms with Crippen LogP contribution in [-0.4, -0.2) is 37.1 Å². The fourth-order valence-corrected chi connectivity index (χ4v) is 3.64. The highest BCUT2D eigenvalue weighted by Gasteiger charge is 2.27. The van der Waals surface area contributed by atoms with Crippen molar-refractivity contribution in [1.82, 2.24) is 4.90 Å². The van der Waals surface area contributed by atoms with E-state index in [-0.39, 0.29) is 12.4 Å². The third-order valence-electron chi connectivity index (χ3n) is 4.79. The second-order valence-electron chi connectivity index (χ2n) is 5.90. The first-order valence-corrected chi connectivity index (χ1v) is 7.76. The number of anilines is 1. The zero-order valence-electron chi connectivity index (χ0n) is 12.0. The third-order valence-corrected chi connectivity index (χ3v) is 4.79. The van der Waals surface area contributed by atoms with Gasteiger partial charge in [0.05, 0.1) is 0 Å². The van der Waals surface area contributed by atoms with E-state index in [1.165, 1.54) is 31.7 Å². The molecule has 4 heteroatoms. The normalized spacial score (nSPS) is 21.6. The monoisotopic (exact) mass is 277 g/mol. The van der Waals surface area contributed by atoms with Gasteiger partial charge >= 0.3 is 0 Å². The molecular weight excluding hydrogens is 253 g/mol. The van der Waals surface area contributed by atoms with Crippen LogP contribution in [0.4, 0.5) is 10.1 Å². The third kappa shape index (κ3) is 2.67. The second kappa shape index (κ2) is 6.10. The Kier molecular flexibility index (Phi) is 4.22. The van der Waals surface area contributed by atoms with Crippen molar-refractivity contribution in [3.05, 3.63) is 29.6 Å². The molecule has 1 aliphatic heterocycles. The summed E-state index contributed by atoms with van der Waals surface area (Å²) >= 11 is 0. The zero-order valence-corrected chi connectivity index (χ0v) is 12.0. The van der Waals surface area contributed by atoms with Crippen LogP contribution >= 0.6 is 0 Å². The summed E-state index contributed by atoms with van der Waals surface area (Å²) < 4.78 is 13.8. The SMILES string of the molecule is NCc1c(F)cccc1N1CCN(C2CCCC2)CC1. The number of nitrogens with zero attached hydrogens (tertiary/aromatic N) is 2. The van der Waals surface area contributed by atoms with E-state index in [9.17, 15) is 4.39 Å². The van der Waals surface area contributed by atoms with Crippen LogP contribution in [0.15, 0.2) is 18.2 Å². The number of nitrogens with two attached hydrogens (primary N) is 1. The standard InChI is InChI=1S/C16H24FN3/c17-15-6-3-7-16(14(15)12-18)20-10-8-19(9-11-20)13-4-1-2-5-13/h3,6-7,13H,1-2,4-5,8-12,18H2. The van der Waals surface area contributed by atoms with Crippen LogP contribution in [0.25, 0.3) is 0 Å². The number of hydrogen-bond donors (Lipinski definition) is 1. The fourth-order valence-electron chi connectivity index (χ4n) is 3.64. The number of hydrogen-bond acceptors (Lipinski definition) is 3. The van der Waals surface area contributed by atoms with Gasteiger partial charge in [-0.05, 0) is 25.0 Å². The molecule has 1 aliphatic carbocycles. The van der Waals surface area contributed by atoms with E-state index in [2.05, 4.69) is 9.80 Å². The van der Waals surface area contributed by atoms with Gasteiger partial charge in [0.1, 0.15) is 5.82 Å². The molecule has 1 saturated carbocycles. The first-order chi connectivity index (χ1) is 9.79. The van der Waals surface area contributed by atoms with Crippen molar-refractivity contribution >= 4 is 5.69 Å². The molecule has 0 spiro atoms. The van der Waals surface area contributed by atoms with Crippen molar-refractivity contribution in [3.63, 3.8) is 0 Å². The molecule has 0 unspecified atom stereocenters. The van der Waals surface area contributed by atoms with E-state index in [1.54, 1.807) is 6.07 Å². The minimum atomic E-state index is -0.178. The van der Waals surface area contributed by atoms with Crippen molar-refractivity contribution in [2.24, 2.45) is 5.73 Å². The summed E-state index contributed by atoms with van der Waals surface area (Å²) in [5.74, 6) is -0.178. The van der Waals surface area contributed by atoms with E-state index in [0.717, 1.165) is 37.9 Å². The van der Waals surface area contributed by atoms with E-state index < -0.39 is 0 Å². The van der Waals surface area contributed by atoms with Crippen LogP contribution in [0.5, 0.6) is 0 Å². The Bertz CT molecular complexity index is 449. The quantitative estimate of drug-likeness (QED) is 0.920. The molecule has 3 rings (SSSR count). The molecule has 2 aliphatic rings. The average molecular weight is 277 g/mol. The highest BCUT2D eigenvalue weighted by molar-refractivity contribution is 5.54. The number of rotatable bonds is 3. The van der Waals surface area contributed by atoms with Gasteiger partial charge < -0.3 is 10.6 Å². The summed E-state index contributed by atoms with van der Waals surface area (Å²) in [5, 5.41) is 0. The van der Waals surface area contributed by atoms with Gasteiger partial charge in [-0.1, -0.05) is 18.9 Å². The molecule has 0 bridgehead atoms. The van der Waals surface area contributed by atoms with E-state index >= 15 is 0 Å². The Morgan fingerprint density at radius 2 is 1.80 bits per heavy atom. The molecule has 110 valence electrons. The smallest absolute Gasteiger partial charge is 0.129 e. The fraction of sp³-hybridized carbons (Fsp3) is 0.625. The van der Waals surface area contributed by atoms with E-state index in [1.807, 2.05) is 6.07 Å². The molecule has 0 atom stereocenters. The summed E-state index contributed by atoms with van der Waals surface area (Å²) in [4.78, 5) is 4.90. The number of benzene rings is 1. The van der Waals surface area contributed by atoms with Crippen LogP contribution in [0.1, 0.15) is 31.2 Å². The zero-order chi connectivity index (χ0) is 13.9. The van der Waals surface area contributed by atoms with Crippen molar-refractivity contribution in [3.8, 4) is 0 Å². The molecule has 2 fully saturated rings. The van der Waals surface area contributed by atoms with Gasteiger partial charge in [0, 0.05) is 50.0 Å². The van der Waals surface area contributed by atoms with Gasteiger partial charge in [-0.15, -0.1) is 0 Å². The highest BCUT2D eigenvalue weighted by Crippen LogP contribution is 2.27. The molecule has 3 nitrogen and oxygen atoms in total. The Morgan fingerprint density at radius 3 is 2.45 bits per heavy atom. The lowest BCUT2D eigenvalue weighted by molar-refractivity contribution is 0.187. The lowest BCUT2D eigenvalue weighted by Gasteiger charge is -2.39. The summed E-state index contributed by atoms with van der Waals surface area (Å²) in [6, 6.07) is 6.07. The summed E-state index contributed by atoms with van der Waals surface area (Å²) in [5.41, 5.74) is 7.35. The molecule has 1 heterocycles. The van der Waals surface area contributed by atoms with E-state index in [0.29, 0.717) is 5.56 Å². The van der Waals surface area contributed by atoms with Gasteiger partial charge in [0.15, 0.2) is 0 Å². The minimum Gasteiger partial charge on any atom is -0.369 e. The number of piperazine rings is 1. The highest BCUT2D eigenvalue weighted by atomic mass is 19.1. The van der Waals surface area contributed by atoms with Crippen LogP contribution in [0.2, 0.25) is 0 Å². The summed E-state index contributed by atoms with van der Waals surface area (Å²) in [6.07, 6.45) is 5.47. The minimum absolute atomic E-state index is 0.178. The molecule has 1 aromatic rings. The van der Waals surface area contributed by atoms with Crippen molar-refractivity contribution < 1.29 is 4.39 Å². The molecule has 0 amide bonds. The summed E-state index contributed by atoms with van der Waals surface area (Å²) in [7, 11) is 0. The van der Waals surface area contributed by atoms with Gasteiger partial charge in [-0.2, -0.15) is 0 Å². The van der Waals surface area contributed by atoms with Crippen LogP contribution in [-0.2, 0) is 6.54 Å². The maximum Gasteiger partial charge on any atom is 0.129 e. The molecule has 1 aromatic carbocycles. The molecule has 0 radical (unpaired) electrons. The predicted molar refractivity (Wildman–Crippen MR) is 80.3 cm³/mol. The Balaban J connectivity index is 1.67. The van der Waals surface area contributed by atoms with Crippen LogP contribution in [0.3, 0.4) is 0 Å².